The van der Waals surface area contributed by atoms with E-state index >= 15 is 0 Å². The van der Waals surface area contributed by atoms with Gasteiger partial charge >= 0.3 is 0 Å². The van der Waals surface area contributed by atoms with Crippen molar-refractivity contribution in [2.75, 3.05) is 26.2 Å². The maximum absolute atomic E-state index is 12.2. The van der Waals surface area contributed by atoms with E-state index < -0.39 is 5.91 Å². The van der Waals surface area contributed by atoms with Crippen LogP contribution in [0.3, 0.4) is 0 Å². The number of nitrogens with two attached hydrogens (primary N) is 1. The smallest absolute Gasteiger partial charge is 0.237 e. The molecule has 2 saturated heterocycles. The highest BCUT2D eigenvalue weighted by Gasteiger charge is 2.30. The molecule has 0 aliphatic carbocycles. The van der Waals surface area contributed by atoms with Gasteiger partial charge in [0.1, 0.15) is 0 Å². The third-order valence-corrected chi connectivity index (χ3v) is 3.55. The molecule has 6 heteroatoms. The van der Waals surface area contributed by atoms with Crippen molar-refractivity contribution in [3.05, 3.63) is 0 Å². The van der Waals surface area contributed by atoms with Crippen LogP contribution in [0.2, 0.25) is 0 Å². The standard InChI is InChI=1S/C12H21N3O3/c13-11(16)8-15(9-3-4-14-7-9)12(17)6-10-2-1-5-18-10/h9-10,14H,1-8H2,(H2,13,16). The van der Waals surface area contributed by atoms with Crippen LogP contribution in [0.5, 0.6) is 0 Å². The van der Waals surface area contributed by atoms with Crippen molar-refractivity contribution in [3.8, 4) is 0 Å². The summed E-state index contributed by atoms with van der Waals surface area (Å²) in [6.45, 7) is 2.37. The third-order valence-electron chi connectivity index (χ3n) is 3.55. The Bertz CT molecular complexity index is 310. The highest BCUT2D eigenvalue weighted by molar-refractivity contribution is 5.84. The summed E-state index contributed by atoms with van der Waals surface area (Å²) in [5.74, 6) is -0.475. The summed E-state index contributed by atoms with van der Waals surface area (Å²) in [5, 5.41) is 3.20. The lowest BCUT2D eigenvalue weighted by molar-refractivity contribution is -0.139. The second-order valence-corrected chi connectivity index (χ2v) is 4.97. The van der Waals surface area contributed by atoms with Crippen molar-refractivity contribution >= 4 is 11.8 Å². The van der Waals surface area contributed by atoms with Crippen molar-refractivity contribution in [3.63, 3.8) is 0 Å². The largest absolute Gasteiger partial charge is 0.378 e. The highest BCUT2D eigenvalue weighted by Crippen LogP contribution is 2.18. The molecule has 0 aromatic heterocycles. The predicted octanol–water partition coefficient (Wildman–Crippen LogP) is -0.769. The lowest BCUT2D eigenvalue weighted by atomic mass is 10.1. The highest BCUT2D eigenvalue weighted by atomic mass is 16.5. The van der Waals surface area contributed by atoms with E-state index in [1.165, 1.54) is 0 Å². The molecule has 2 unspecified atom stereocenters. The Balaban J connectivity index is 1.93. The Morgan fingerprint density at radius 3 is 2.78 bits per heavy atom. The molecule has 0 aromatic rings. The molecule has 2 heterocycles. The van der Waals surface area contributed by atoms with Crippen molar-refractivity contribution in [2.45, 2.75) is 37.8 Å². The molecule has 2 fully saturated rings. The van der Waals surface area contributed by atoms with E-state index in [0.29, 0.717) is 6.42 Å². The first-order valence-electron chi connectivity index (χ1n) is 6.57. The maximum atomic E-state index is 12.2. The van der Waals surface area contributed by atoms with Gasteiger partial charge in [-0.1, -0.05) is 0 Å². The van der Waals surface area contributed by atoms with Crippen LogP contribution in [-0.4, -0.2) is 55.1 Å². The SMILES string of the molecule is NC(=O)CN(C(=O)CC1CCCO1)C1CCNC1. The van der Waals surface area contributed by atoms with Crippen molar-refractivity contribution in [2.24, 2.45) is 5.73 Å². The number of carbonyl (C=O) groups excluding carboxylic acids is 2. The van der Waals surface area contributed by atoms with Gasteiger partial charge in [0.2, 0.25) is 11.8 Å². The van der Waals surface area contributed by atoms with Crippen LogP contribution < -0.4 is 11.1 Å². The summed E-state index contributed by atoms with van der Waals surface area (Å²) in [5.41, 5.74) is 5.22. The summed E-state index contributed by atoms with van der Waals surface area (Å²) < 4.78 is 5.46. The molecule has 3 N–H and O–H groups in total. The number of nitrogens with one attached hydrogen (secondary N) is 1. The minimum absolute atomic E-state index is 0.0118. The number of hydrogen-bond acceptors (Lipinski definition) is 4. The number of carbonyl (C=O) groups is 2. The number of rotatable bonds is 5. The normalized spacial score (nSPS) is 27.3. The molecule has 0 radical (unpaired) electrons. The summed E-state index contributed by atoms with van der Waals surface area (Å²) in [4.78, 5) is 24.9. The average Bonchev–Trinajstić information content (AvgIpc) is 2.97. The molecule has 0 spiro atoms. The molecule has 0 bridgehead atoms. The maximum Gasteiger partial charge on any atom is 0.237 e. The Morgan fingerprint density at radius 2 is 2.22 bits per heavy atom. The molecule has 6 nitrogen and oxygen atoms in total. The van der Waals surface area contributed by atoms with Gasteiger partial charge in [-0.05, 0) is 25.8 Å². The molecular formula is C12H21N3O3. The average molecular weight is 255 g/mol. The van der Waals surface area contributed by atoms with E-state index in [9.17, 15) is 9.59 Å². The van der Waals surface area contributed by atoms with Crippen LogP contribution in [-0.2, 0) is 14.3 Å². The van der Waals surface area contributed by atoms with E-state index in [1.54, 1.807) is 4.90 Å². The number of ether oxygens (including phenoxy) is 1. The summed E-state index contributed by atoms with van der Waals surface area (Å²) in [6, 6.07) is 0.0893. The van der Waals surface area contributed by atoms with Gasteiger partial charge in [-0.2, -0.15) is 0 Å². The van der Waals surface area contributed by atoms with Gasteiger partial charge in [-0.15, -0.1) is 0 Å². The first kappa shape index (κ1) is 13.3. The van der Waals surface area contributed by atoms with E-state index in [2.05, 4.69) is 5.32 Å². The van der Waals surface area contributed by atoms with Crippen molar-refractivity contribution in [1.82, 2.24) is 10.2 Å². The molecule has 2 amide bonds. The molecule has 18 heavy (non-hydrogen) atoms. The van der Waals surface area contributed by atoms with E-state index in [-0.39, 0.29) is 24.6 Å². The Kier molecular flexibility index (Phi) is 4.54. The number of primary amides is 1. The van der Waals surface area contributed by atoms with Crippen LogP contribution in [0, 0.1) is 0 Å². The zero-order chi connectivity index (χ0) is 13.0. The molecular weight excluding hydrogens is 234 g/mol. The number of amides is 2. The summed E-state index contributed by atoms with van der Waals surface area (Å²) >= 11 is 0. The Labute approximate surface area is 107 Å². The van der Waals surface area contributed by atoms with E-state index in [0.717, 1.165) is 39.0 Å². The molecule has 2 rings (SSSR count). The fraction of sp³-hybridized carbons (Fsp3) is 0.833. The van der Waals surface area contributed by atoms with E-state index in [1.807, 2.05) is 0 Å². The molecule has 102 valence electrons. The zero-order valence-corrected chi connectivity index (χ0v) is 10.6. The predicted molar refractivity (Wildman–Crippen MR) is 65.8 cm³/mol. The van der Waals surface area contributed by atoms with Gasteiger partial charge in [0, 0.05) is 19.2 Å². The van der Waals surface area contributed by atoms with Gasteiger partial charge in [0.05, 0.1) is 19.1 Å². The van der Waals surface area contributed by atoms with Gasteiger partial charge < -0.3 is 20.7 Å². The molecule has 0 saturated carbocycles. The second kappa shape index (κ2) is 6.15. The minimum atomic E-state index is -0.456. The Hall–Kier alpha value is -1.14. The quantitative estimate of drug-likeness (QED) is 0.675. The number of hydrogen-bond donors (Lipinski definition) is 2. The van der Waals surface area contributed by atoms with Gasteiger partial charge in [0.15, 0.2) is 0 Å². The van der Waals surface area contributed by atoms with Crippen LogP contribution in [0.15, 0.2) is 0 Å². The van der Waals surface area contributed by atoms with Gasteiger partial charge in [0.25, 0.3) is 0 Å². The third kappa shape index (κ3) is 3.43. The van der Waals surface area contributed by atoms with Gasteiger partial charge in [-0.3, -0.25) is 9.59 Å². The monoisotopic (exact) mass is 255 g/mol. The first-order chi connectivity index (χ1) is 8.66. The minimum Gasteiger partial charge on any atom is -0.378 e. The second-order valence-electron chi connectivity index (χ2n) is 4.97. The summed E-state index contributed by atoms with van der Waals surface area (Å²) in [6.07, 6.45) is 3.20. The van der Waals surface area contributed by atoms with Crippen LogP contribution >= 0.6 is 0 Å². The summed E-state index contributed by atoms with van der Waals surface area (Å²) in [7, 11) is 0. The van der Waals surface area contributed by atoms with E-state index in [4.69, 9.17) is 10.5 Å². The van der Waals surface area contributed by atoms with Gasteiger partial charge in [-0.25, -0.2) is 0 Å². The number of nitrogens with zero attached hydrogens (tertiary/aromatic N) is 1. The van der Waals surface area contributed by atoms with Crippen molar-refractivity contribution in [1.29, 1.82) is 0 Å². The topological polar surface area (TPSA) is 84.7 Å². The fourth-order valence-corrected chi connectivity index (χ4v) is 2.61. The van der Waals surface area contributed by atoms with Crippen molar-refractivity contribution < 1.29 is 14.3 Å². The first-order valence-corrected chi connectivity index (χ1v) is 6.57. The van der Waals surface area contributed by atoms with Crippen LogP contribution in [0.4, 0.5) is 0 Å². The molecule has 0 aromatic carbocycles. The van der Waals surface area contributed by atoms with Crippen LogP contribution in [0.25, 0.3) is 0 Å². The van der Waals surface area contributed by atoms with Crippen LogP contribution in [0.1, 0.15) is 25.7 Å². The Morgan fingerprint density at radius 1 is 1.39 bits per heavy atom. The fourth-order valence-electron chi connectivity index (χ4n) is 2.61. The zero-order valence-electron chi connectivity index (χ0n) is 10.6. The molecule has 2 aliphatic rings. The molecule has 2 aliphatic heterocycles. The lowest BCUT2D eigenvalue weighted by Gasteiger charge is -2.28. The molecule has 2 atom stereocenters. The lowest BCUT2D eigenvalue weighted by Crippen LogP contribution is -2.47.